The molecule has 7 nitrogen and oxygen atoms in total. The Morgan fingerprint density at radius 2 is 1.55 bits per heavy atom. The van der Waals surface area contributed by atoms with Crippen molar-refractivity contribution in [3.05, 3.63) is 52.3 Å². The van der Waals surface area contributed by atoms with E-state index in [0.29, 0.717) is 12.1 Å². The lowest BCUT2D eigenvalue weighted by Crippen LogP contribution is -2.53. The molecule has 2 heterocycles. The number of hydrogen-bond acceptors (Lipinski definition) is 5. The van der Waals surface area contributed by atoms with Crippen molar-refractivity contribution in [1.82, 2.24) is 14.6 Å². The number of carbonyl (C=O) groups is 1. The van der Waals surface area contributed by atoms with Crippen molar-refractivity contribution in [3.8, 4) is 0 Å². The van der Waals surface area contributed by atoms with Gasteiger partial charge < -0.3 is 9.80 Å². The minimum absolute atomic E-state index is 0.258. The van der Waals surface area contributed by atoms with Gasteiger partial charge in [0.05, 0.1) is 10.6 Å². The number of anilines is 1. The maximum Gasteiger partial charge on any atom is 0.416 e. The average molecular weight is 521 g/mol. The monoisotopic (exact) mass is 520 g/mol. The number of amides is 2. The number of pyridine rings is 1. The predicted molar refractivity (Wildman–Crippen MR) is 100 cm³/mol. The van der Waals surface area contributed by atoms with Gasteiger partial charge in [-0.2, -0.15) is 35.7 Å². The zero-order valence-corrected chi connectivity index (χ0v) is 17.6. The molecule has 2 amide bonds. The number of benzene rings is 1. The van der Waals surface area contributed by atoms with E-state index in [-0.39, 0.29) is 32.2 Å². The third-order valence-electron chi connectivity index (χ3n) is 4.63. The Balaban J connectivity index is 1.74. The second kappa shape index (κ2) is 8.85. The molecular weight excluding hydrogens is 509 g/mol. The normalized spacial score (nSPS) is 15.0. The topological polar surface area (TPSA) is 82.6 Å². The van der Waals surface area contributed by atoms with E-state index >= 15 is 0 Å². The summed E-state index contributed by atoms with van der Waals surface area (Å²) in [5, 5.41) is -0.569. The molecule has 16 heteroatoms. The quantitative estimate of drug-likeness (QED) is 0.495. The molecule has 1 fully saturated rings. The fourth-order valence-electron chi connectivity index (χ4n) is 3.01. The number of nitrogens with one attached hydrogen (secondary N) is 1. The van der Waals surface area contributed by atoms with Gasteiger partial charge in [0.25, 0.3) is 21.9 Å². The van der Waals surface area contributed by atoms with Gasteiger partial charge in [-0.1, -0.05) is 11.6 Å². The van der Waals surface area contributed by atoms with Gasteiger partial charge in [0, 0.05) is 26.2 Å². The first-order valence-electron chi connectivity index (χ1n) is 8.85. The molecule has 1 aromatic heterocycles. The van der Waals surface area contributed by atoms with Crippen molar-refractivity contribution < 1.29 is 43.9 Å². The van der Waals surface area contributed by atoms with Crippen molar-refractivity contribution >= 4 is 33.3 Å². The summed E-state index contributed by atoms with van der Waals surface area (Å²) in [5.74, 6) is -7.22. The second-order valence-electron chi connectivity index (χ2n) is 6.70. The minimum Gasteiger partial charge on any atom is -0.363 e. The molecule has 1 saturated heterocycles. The van der Waals surface area contributed by atoms with Crippen LogP contribution in [0, 0.1) is 23.5 Å². The van der Waals surface area contributed by atoms with Gasteiger partial charge in [-0.15, -0.1) is 0 Å². The summed E-state index contributed by atoms with van der Waals surface area (Å²) in [6, 6.07) is 0.272. The number of sulfonamides is 1. The SMILES string of the molecule is O=C(NS(=O)(=O)c1cc(C(F)(F)F)ccc1Cl)N1CCN(c2c(F)c(F)nc(F)c2F)CC1. The first-order chi connectivity index (χ1) is 15.2. The molecule has 33 heavy (non-hydrogen) atoms. The lowest BCUT2D eigenvalue weighted by molar-refractivity contribution is -0.137. The second-order valence-corrected chi connectivity index (χ2v) is 8.76. The van der Waals surface area contributed by atoms with Gasteiger partial charge in [0.2, 0.25) is 11.6 Å². The molecule has 1 aliphatic heterocycles. The molecule has 0 bridgehead atoms. The van der Waals surface area contributed by atoms with Crippen LogP contribution in [-0.2, 0) is 16.2 Å². The van der Waals surface area contributed by atoms with Crippen molar-refractivity contribution in [2.45, 2.75) is 11.1 Å². The third-order valence-corrected chi connectivity index (χ3v) is 6.43. The Kier molecular flexibility index (Phi) is 6.66. The smallest absolute Gasteiger partial charge is 0.363 e. The molecule has 0 saturated carbocycles. The number of halogens is 8. The van der Waals surface area contributed by atoms with Crippen LogP contribution in [0.15, 0.2) is 23.1 Å². The summed E-state index contributed by atoms with van der Waals surface area (Å²) in [6.07, 6.45) is -4.87. The molecule has 0 atom stereocenters. The Bertz CT molecular complexity index is 1180. The van der Waals surface area contributed by atoms with E-state index in [0.717, 1.165) is 9.80 Å². The van der Waals surface area contributed by atoms with E-state index in [1.165, 1.54) is 0 Å². The van der Waals surface area contributed by atoms with Crippen LogP contribution in [0.3, 0.4) is 0 Å². The minimum atomic E-state index is -4.87. The number of carbonyl (C=O) groups excluding carboxylic acids is 1. The predicted octanol–water partition coefficient (Wildman–Crippen LogP) is 3.53. The van der Waals surface area contributed by atoms with Crippen LogP contribution >= 0.6 is 11.6 Å². The number of nitrogens with zero attached hydrogens (tertiary/aromatic N) is 3. The summed E-state index contributed by atoms with van der Waals surface area (Å²) in [5.41, 5.74) is -2.35. The molecule has 1 N–H and O–H groups in total. The molecule has 1 aromatic carbocycles. The van der Waals surface area contributed by atoms with Gasteiger partial charge in [-0.25, -0.2) is 17.9 Å². The lowest BCUT2D eigenvalue weighted by atomic mass is 10.2. The van der Waals surface area contributed by atoms with Crippen LogP contribution in [0.1, 0.15) is 5.56 Å². The van der Waals surface area contributed by atoms with Gasteiger partial charge >= 0.3 is 12.2 Å². The van der Waals surface area contributed by atoms with Crippen LogP contribution in [0.4, 0.5) is 41.2 Å². The first kappa shape index (κ1) is 24.8. The zero-order chi connectivity index (χ0) is 24.7. The molecule has 3 rings (SSSR count). The molecular formula is C17H12ClF7N4O3S. The number of rotatable bonds is 3. The first-order valence-corrected chi connectivity index (χ1v) is 10.7. The standard InChI is InChI=1S/C17H12ClF7N4O3S/c18-9-2-1-8(17(23,24)25)7-10(9)33(31,32)27-16(30)29-5-3-28(4-6-29)13-11(19)14(21)26-15(22)12(13)20/h1-2,7H,3-6H2,(H,27,30). The lowest BCUT2D eigenvalue weighted by Gasteiger charge is -2.36. The van der Waals surface area contributed by atoms with Crippen LogP contribution in [0.2, 0.25) is 5.02 Å². The van der Waals surface area contributed by atoms with E-state index in [1.54, 1.807) is 4.72 Å². The molecule has 180 valence electrons. The third kappa shape index (κ3) is 5.08. The van der Waals surface area contributed by atoms with Crippen molar-refractivity contribution in [1.29, 1.82) is 0 Å². The van der Waals surface area contributed by atoms with E-state index in [2.05, 4.69) is 4.98 Å². The van der Waals surface area contributed by atoms with Crippen molar-refractivity contribution in [2.24, 2.45) is 0 Å². The fourth-order valence-corrected chi connectivity index (χ4v) is 4.51. The summed E-state index contributed by atoms with van der Waals surface area (Å²) in [6.45, 7) is -1.40. The van der Waals surface area contributed by atoms with Gasteiger partial charge in [0.1, 0.15) is 10.6 Å². The highest BCUT2D eigenvalue weighted by molar-refractivity contribution is 7.90. The van der Waals surface area contributed by atoms with Crippen LogP contribution in [0.25, 0.3) is 0 Å². The largest absolute Gasteiger partial charge is 0.416 e. The highest BCUT2D eigenvalue weighted by atomic mass is 35.5. The Hall–Kier alpha value is -2.81. The van der Waals surface area contributed by atoms with E-state index in [4.69, 9.17) is 11.6 Å². The number of hydrogen-bond donors (Lipinski definition) is 1. The Labute approximate surface area is 186 Å². The number of urea groups is 1. The number of piperazine rings is 1. The molecule has 2 aromatic rings. The van der Waals surface area contributed by atoms with Crippen LogP contribution in [-0.4, -0.2) is 50.5 Å². The van der Waals surface area contributed by atoms with Crippen molar-refractivity contribution in [2.75, 3.05) is 31.1 Å². The maximum absolute atomic E-state index is 13.9. The summed E-state index contributed by atoms with van der Waals surface area (Å²) >= 11 is 5.69. The van der Waals surface area contributed by atoms with E-state index in [1.807, 2.05) is 0 Å². The van der Waals surface area contributed by atoms with Gasteiger partial charge in [0.15, 0.2) is 0 Å². The maximum atomic E-state index is 13.9. The van der Waals surface area contributed by atoms with E-state index < -0.39 is 66.9 Å². The molecule has 0 aliphatic carbocycles. The number of alkyl halides is 3. The summed E-state index contributed by atoms with van der Waals surface area (Å²) in [7, 11) is -4.83. The van der Waals surface area contributed by atoms with Gasteiger partial charge in [-0.05, 0) is 18.2 Å². The Morgan fingerprint density at radius 3 is 2.06 bits per heavy atom. The van der Waals surface area contributed by atoms with E-state index in [9.17, 15) is 43.9 Å². The molecule has 0 unspecified atom stereocenters. The van der Waals surface area contributed by atoms with Crippen LogP contribution < -0.4 is 9.62 Å². The highest BCUT2D eigenvalue weighted by Gasteiger charge is 2.34. The average Bonchev–Trinajstić information content (AvgIpc) is 2.72. The van der Waals surface area contributed by atoms with Gasteiger partial charge in [-0.3, -0.25) is 0 Å². The highest BCUT2D eigenvalue weighted by Crippen LogP contribution is 2.33. The summed E-state index contributed by atoms with van der Waals surface area (Å²) in [4.78, 5) is 15.6. The summed E-state index contributed by atoms with van der Waals surface area (Å²) < 4.78 is 119. The Morgan fingerprint density at radius 1 is 1.00 bits per heavy atom. The molecule has 0 spiro atoms. The molecule has 0 radical (unpaired) electrons. The number of aromatic nitrogens is 1. The zero-order valence-electron chi connectivity index (χ0n) is 16.1. The van der Waals surface area contributed by atoms with Crippen LogP contribution in [0.5, 0.6) is 0 Å². The molecule has 1 aliphatic rings. The van der Waals surface area contributed by atoms with Crippen molar-refractivity contribution in [3.63, 3.8) is 0 Å². The fraction of sp³-hybridized carbons (Fsp3) is 0.294.